The van der Waals surface area contributed by atoms with Crippen molar-refractivity contribution in [1.29, 1.82) is 0 Å². The molecule has 5 rings (SSSR count). The van der Waals surface area contributed by atoms with Crippen molar-refractivity contribution in [3.8, 4) is 11.1 Å². The number of carbonyl (C=O) groups excluding carboxylic acids is 1. The zero-order valence-electron chi connectivity index (χ0n) is 24.0. The van der Waals surface area contributed by atoms with E-state index < -0.39 is 33.1 Å². The van der Waals surface area contributed by atoms with E-state index in [-0.39, 0.29) is 29.5 Å². The van der Waals surface area contributed by atoms with E-state index in [2.05, 4.69) is 30.6 Å². The van der Waals surface area contributed by atoms with Gasteiger partial charge < -0.3 is 16.0 Å². The largest absolute Gasteiger partial charge is 0.416 e. The molecule has 230 valence electrons. The SMILES string of the molecule is CC(C)(C(=O)NCc1ccc(-c2cnc3nc2NCCCNS(=O)(=O)c2cccc(c2)N3)cc1)c1ccccc1C(F)(F)F. The van der Waals surface area contributed by atoms with Gasteiger partial charge in [-0.2, -0.15) is 18.2 Å². The van der Waals surface area contributed by atoms with Crippen LogP contribution in [0, 0.1) is 0 Å². The number of halogens is 3. The number of rotatable bonds is 5. The molecule has 44 heavy (non-hydrogen) atoms. The van der Waals surface area contributed by atoms with Gasteiger partial charge in [-0.15, -0.1) is 0 Å². The quantitative estimate of drug-likeness (QED) is 0.228. The van der Waals surface area contributed by atoms with Crippen LogP contribution in [0.5, 0.6) is 0 Å². The third-order valence-corrected chi connectivity index (χ3v) is 8.78. The molecule has 1 aromatic heterocycles. The molecule has 1 amide bonds. The summed E-state index contributed by atoms with van der Waals surface area (Å²) >= 11 is 0. The zero-order chi connectivity index (χ0) is 31.5. The van der Waals surface area contributed by atoms with Crippen LogP contribution in [0.2, 0.25) is 0 Å². The maximum absolute atomic E-state index is 13.6. The number of hydrogen-bond donors (Lipinski definition) is 4. The smallest absolute Gasteiger partial charge is 0.369 e. The molecule has 0 unspecified atom stereocenters. The maximum Gasteiger partial charge on any atom is 0.416 e. The van der Waals surface area contributed by atoms with Crippen LogP contribution in [0.15, 0.2) is 83.9 Å². The molecule has 2 heterocycles. The van der Waals surface area contributed by atoms with Gasteiger partial charge in [-0.3, -0.25) is 4.79 Å². The first-order valence-electron chi connectivity index (χ1n) is 13.9. The van der Waals surface area contributed by atoms with Gasteiger partial charge in [0.2, 0.25) is 21.9 Å². The standard InChI is InChI=1S/C31H31F3N6O3S/c1-30(2,25-9-3-4-10-26(25)31(32,33)34)28(41)36-18-20-11-13-21(14-12-20)24-19-37-29-39-22-7-5-8-23(17-22)44(42,43)38-16-6-15-35-27(24)40-29/h3-5,7-14,17,19,38H,6,15-16,18H2,1-2H3,(H,36,41)(H2,35,37,39,40). The predicted octanol–water partition coefficient (Wildman–Crippen LogP) is 5.59. The highest BCUT2D eigenvalue weighted by molar-refractivity contribution is 7.89. The van der Waals surface area contributed by atoms with Crippen molar-refractivity contribution in [1.82, 2.24) is 20.0 Å². The summed E-state index contributed by atoms with van der Waals surface area (Å²) in [6.07, 6.45) is -2.41. The monoisotopic (exact) mass is 624 g/mol. The van der Waals surface area contributed by atoms with Gasteiger partial charge in [0.15, 0.2) is 0 Å². The Bertz CT molecular complexity index is 1780. The second-order valence-corrected chi connectivity index (χ2v) is 12.6. The van der Waals surface area contributed by atoms with E-state index in [0.717, 1.165) is 17.2 Å². The van der Waals surface area contributed by atoms with Gasteiger partial charge in [0.1, 0.15) is 5.82 Å². The van der Waals surface area contributed by atoms with E-state index in [1.807, 2.05) is 24.3 Å². The molecule has 1 aliphatic rings. The minimum absolute atomic E-state index is 0.0926. The number of aromatic nitrogens is 2. The summed E-state index contributed by atoms with van der Waals surface area (Å²) < 4.78 is 68.6. The van der Waals surface area contributed by atoms with Crippen LogP contribution in [0.3, 0.4) is 0 Å². The number of amides is 1. The van der Waals surface area contributed by atoms with Crippen LogP contribution < -0.4 is 20.7 Å². The van der Waals surface area contributed by atoms with Crippen molar-refractivity contribution in [2.24, 2.45) is 0 Å². The molecule has 9 nitrogen and oxygen atoms in total. The predicted molar refractivity (Wildman–Crippen MR) is 162 cm³/mol. The average molecular weight is 625 g/mol. The first-order chi connectivity index (χ1) is 20.8. The van der Waals surface area contributed by atoms with E-state index in [1.54, 1.807) is 18.3 Å². The van der Waals surface area contributed by atoms with Gasteiger partial charge in [0.25, 0.3) is 0 Å². The van der Waals surface area contributed by atoms with Gasteiger partial charge >= 0.3 is 6.18 Å². The van der Waals surface area contributed by atoms with E-state index in [4.69, 9.17) is 0 Å². The van der Waals surface area contributed by atoms with Crippen LogP contribution >= 0.6 is 0 Å². The van der Waals surface area contributed by atoms with Crippen LogP contribution in [-0.2, 0) is 33.0 Å². The molecule has 4 bridgehead atoms. The molecule has 0 saturated carbocycles. The number of sulfonamides is 1. The lowest BCUT2D eigenvalue weighted by molar-refractivity contribution is -0.139. The van der Waals surface area contributed by atoms with E-state index >= 15 is 0 Å². The molecule has 0 radical (unpaired) electrons. The highest BCUT2D eigenvalue weighted by Crippen LogP contribution is 2.37. The van der Waals surface area contributed by atoms with E-state index in [9.17, 15) is 26.4 Å². The topological polar surface area (TPSA) is 125 Å². The van der Waals surface area contributed by atoms with Gasteiger partial charge in [-0.1, -0.05) is 48.5 Å². The number of hydrogen-bond acceptors (Lipinski definition) is 7. The normalized spacial score (nSPS) is 15.0. The highest BCUT2D eigenvalue weighted by atomic mass is 32.2. The Balaban J connectivity index is 1.32. The van der Waals surface area contributed by atoms with Crippen LogP contribution in [0.4, 0.5) is 30.6 Å². The molecule has 1 aliphatic heterocycles. The Hall–Kier alpha value is -4.49. The molecule has 4 N–H and O–H groups in total. The number of anilines is 3. The fraction of sp³-hybridized carbons (Fsp3) is 0.258. The lowest BCUT2D eigenvalue weighted by Gasteiger charge is -2.27. The Morgan fingerprint density at radius 1 is 0.955 bits per heavy atom. The molecule has 3 aromatic carbocycles. The Kier molecular flexibility index (Phi) is 8.62. The van der Waals surface area contributed by atoms with Crippen LogP contribution in [0.25, 0.3) is 11.1 Å². The number of nitrogens with zero attached hydrogens (tertiary/aromatic N) is 2. The summed E-state index contributed by atoms with van der Waals surface area (Å²) in [6, 6.07) is 18.8. The van der Waals surface area contributed by atoms with Crippen molar-refractivity contribution >= 4 is 33.4 Å². The number of fused-ring (bicyclic) bond motifs is 4. The second kappa shape index (κ2) is 12.2. The van der Waals surface area contributed by atoms with Gasteiger partial charge in [-0.05, 0) is 61.2 Å². The van der Waals surface area contributed by atoms with Gasteiger partial charge in [-0.25, -0.2) is 18.1 Å². The Morgan fingerprint density at radius 3 is 2.41 bits per heavy atom. The third-order valence-electron chi connectivity index (χ3n) is 7.32. The summed E-state index contributed by atoms with van der Waals surface area (Å²) in [5, 5.41) is 9.08. The highest BCUT2D eigenvalue weighted by Gasteiger charge is 2.40. The van der Waals surface area contributed by atoms with Gasteiger partial charge in [0.05, 0.1) is 15.9 Å². The third kappa shape index (κ3) is 6.84. The summed E-state index contributed by atoms with van der Waals surface area (Å²) in [5.74, 6) is 0.303. The van der Waals surface area contributed by atoms with Crippen molar-refractivity contribution in [3.05, 3.63) is 95.7 Å². The van der Waals surface area contributed by atoms with Crippen molar-refractivity contribution in [3.63, 3.8) is 0 Å². The minimum atomic E-state index is -4.58. The molecular formula is C31H31F3N6O3S. The summed E-state index contributed by atoms with van der Waals surface area (Å²) in [4.78, 5) is 22.2. The lowest BCUT2D eigenvalue weighted by atomic mass is 9.80. The number of alkyl halides is 3. The zero-order valence-corrected chi connectivity index (χ0v) is 24.8. The maximum atomic E-state index is 13.6. The molecular weight excluding hydrogens is 593 g/mol. The van der Waals surface area contributed by atoms with Gasteiger partial charge in [0, 0.05) is 37.1 Å². The Morgan fingerprint density at radius 2 is 1.68 bits per heavy atom. The van der Waals surface area contributed by atoms with Crippen molar-refractivity contribution in [2.75, 3.05) is 23.7 Å². The second-order valence-electron chi connectivity index (χ2n) is 10.8. The molecule has 13 heteroatoms. The molecule has 0 aliphatic carbocycles. The summed E-state index contributed by atoms with van der Waals surface area (Å²) in [6.45, 7) is 3.74. The molecule has 0 atom stereocenters. The van der Waals surface area contributed by atoms with Crippen molar-refractivity contribution in [2.45, 2.75) is 43.3 Å². The number of nitrogens with one attached hydrogen (secondary N) is 4. The fourth-order valence-corrected chi connectivity index (χ4v) is 5.97. The molecule has 0 spiro atoms. The van der Waals surface area contributed by atoms with Crippen LogP contribution in [-0.4, -0.2) is 37.4 Å². The molecule has 0 fully saturated rings. The fourth-order valence-electron chi connectivity index (χ4n) is 4.85. The first kappa shape index (κ1) is 31.0. The lowest BCUT2D eigenvalue weighted by Crippen LogP contribution is -2.41. The van der Waals surface area contributed by atoms with E-state index in [1.165, 1.54) is 44.2 Å². The number of benzene rings is 3. The van der Waals surface area contributed by atoms with Crippen LogP contribution in [0.1, 0.15) is 37.0 Å². The molecule has 0 saturated heterocycles. The average Bonchev–Trinajstić information content (AvgIpc) is 3.00. The summed E-state index contributed by atoms with van der Waals surface area (Å²) in [5.41, 5.74) is 0.426. The summed E-state index contributed by atoms with van der Waals surface area (Å²) in [7, 11) is -3.66. The van der Waals surface area contributed by atoms with E-state index in [0.29, 0.717) is 30.0 Å². The first-order valence-corrected chi connectivity index (χ1v) is 15.3. The Labute approximate surface area is 253 Å². The minimum Gasteiger partial charge on any atom is -0.369 e. The molecule has 4 aromatic rings. The van der Waals surface area contributed by atoms with Crippen molar-refractivity contribution < 1.29 is 26.4 Å². The number of carbonyl (C=O) groups is 1.